The highest BCUT2D eigenvalue weighted by Gasteiger charge is 2.05. The molecule has 0 aromatic carbocycles. The van der Waals surface area contributed by atoms with E-state index in [-0.39, 0.29) is 0 Å². The molecular weight excluding hydrogens is 146 g/mol. The molecule has 0 aromatic heterocycles. The summed E-state index contributed by atoms with van der Waals surface area (Å²) < 4.78 is 0. The minimum absolute atomic E-state index is 0.914. The van der Waals surface area contributed by atoms with Crippen LogP contribution in [0.25, 0.3) is 0 Å². The van der Waals surface area contributed by atoms with E-state index < -0.39 is 0 Å². The van der Waals surface area contributed by atoms with Gasteiger partial charge in [0.15, 0.2) is 0 Å². The van der Waals surface area contributed by atoms with E-state index >= 15 is 0 Å². The van der Waals surface area contributed by atoms with Crippen molar-refractivity contribution < 1.29 is 0 Å². The normalized spacial score (nSPS) is 21.2. The smallest absolute Gasteiger partial charge is 0.0468 e. The molecule has 2 rings (SSSR count). The van der Waals surface area contributed by atoms with Crippen molar-refractivity contribution in [2.75, 3.05) is 6.54 Å². The Bertz CT molecular complexity index is 312. The van der Waals surface area contributed by atoms with Gasteiger partial charge in [0.2, 0.25) is 0 Å². The first-order valence-electron chi connectivity index (χ1n) is 4.42. The first-order valence-corrected chi connectivity index (χ1v) is 4.42. The average molecular weight is 159 g/mol. The monoisotopic (exact) mass is 159 g/mol. The summed E-state index contributed by atoms with van der Waals surface area (Å²) in [7, 11) is 0. The maximum Gasteiger partial charge on any atom is 0.0468 e. The molecule has 1 heteroatoms. The zero-order valence-electron chi connectivity index (χ0n) is 7.35. The van der Waals surface area contributed by atoms with Crippen LogP contribution in [0.15, 0.2) is 40.8 Å². The van der Waals surface area contributed by atoms with Gasteiger partial charge in [0.05, 0.1) is 0 Å². The lowest BCUT2D eigenvalue weighted by Crippen LogP contribution is -2.07. The molecular formula is C11H13N. The van der Waals surface area contributed by atoms with E-state index in [1.54, 1.807) is 0 Å². The molecule has 0 unspecified atom stereocenters. The second-order valence-corrected chi connectivity index (χ2v) is 3.28. The molecule has 1 heterocycles. The van der Waals surface area contributed by atoms with Crippen LogP contribution in [0.5, 0.6) is 0 Å². The Morgan fingerprint density at radius 2 is 2.42 bits per heavy atom. The van der Waals surface area contributed by atoms with E-state index in [0.29, 0.717) is 0 Å². The summed E-state index contributed by atoms with van der Waals surface area (Å²) in [5.74, 6) is 0. The maximum absolute atomic E-state index is 3.44. The Morgan fingerprint density at radius 1 is 1.50 bits per heavy atom. The van der Waals surface area contributed by atoms with Gasteiger partial charge in [-0.15, -0.1) is 5.73 Å². The standard InChI is InChI=1S/C11H13N/c1-9-7-12-8-10-4-2-3-5-11(9)6-10/h2,4,7,12H,3,5,8H2,1H3. The molecule has 2 bridgehead atoms. The van der Waals surface area contributed by atoms with Gasteiger partial charge < -0.3 is 5.32 Å². The van der Waals surface area contributed by atoms with E-state index in [1.165, 1.54) is 16.7 Å². The zero-order valence-corrected chi connectivity index (χ0v) is 7.35. The fraction of sp³-hybridized carbons (Fsp3) is 0.364. The highest BCUT2D eigenvalue weighted by atomic mass is 14.8. The number of hydrogen-bond donors (Lipinski definition) is 1. The molecule has 62 valence electrons. The average Bonchev–Trinajstić information content (AvgIpc) is 2.38. The van der Waals surface area contributed by atoms with Gasteiger partial charge in [-0.2, -0.15) is 0 Å². The molecule has 12 heavy (non-hydrogen) atoms. The lowest BCUT2D eigenvalue weighted by molar-refractivity contribution is 0.932. The molecule has 1 nitrogen and oxygen atoms in total. The maximum atomic E-state index is 3.44. The molecule has 0 spiro atoms. The topological polar surface area (TPSA) is 12.0 Å². The molecule has 0 aromatic rings. The Kier molecular flexibility index (Phi) is 1.89. The lowest BCUT2D eigenvalue weighted by Gasteiger charge is -2.02. The van der Waals surface area contributed by atoms with E-state index in [4.69, 9.17) is 0 Å². The van der Waals surface area contributed by atoms with Crippen LogP contribution in [0.3, 0.4) is 0 Å². The van der Waals surface area contributed by atoms with Gasteiger partial charge >= 0.3 is 0 Å². The van der Waals surface area contributed by atoms with Crippen molar-refractivity contribution in [2.45, 2.75) is 19.8 Å². The summed E-state index contributed by atoms with van der Waals surface area (Å²) in [6, 6.07) is 0. The molecule has 0 radical (unpaired) electrons. The van der Waals surface area contributed by atoms with E-state index in [9.17, 15) is 0 Å². The van der Waals surface area contributed by atoms with Crippen LogP contribution in [0.2, 0.25) is 0 Å². The number of hydrogen-bond acceptors (Lipinski definition) is 1. The molecule has 2 aliphatic rings. The molecule has 1 aliphatic heterocycles. The highest BCUT2D eigenvalue weighted by Crippen LogP contribution is 2.19. The van der Waals surface area contributed by atoms with E-state index in [2.05, 4.69) is 36.3 Å². The molecule has 1 N–H and O–H groups in total. The van der Waals surface area contributed by atoms with E-state index in [0.717, 1.165) is 19.4 Å². The number of rotatable bonds is 0. The van der Waals surface area contributed by atoms with Crippen molar-refractivity contribution in [3.8, 4) is 0 Å². The minimum atomic E-state index is 0.914. The predicted molar refractivity (Wildman–Crippen MR) is 50.7 cm³/mol. The minimum Gasteiger partial charge on any atom is -0.386 e. The fourth-order valence-corrected chi connectivity index (χ4v) is 1.55. The largest absolute Gasteiger partial charge is 0.386 e. The van der Waals surface area contributed by atoms with Gasteiger partial charge in [-0.1, -0.05) is 12.2 Å². The molecule has 0 saturated heterocycles. The highest BCUT2D eigenvalue weighted by molar-refractivity contribution is 5.37. The quantitative estimate of drug-likeness (QED) is 0.535. The molecule has 0 saturated carbocycles. The first kappa shape index (κ1) is 7.45. The summed E-state index contributed by atoms with van der Waals surface area (Å²) in [5.41, 5.74) is 7.41. The number of allylic oxidation sites excluding steroid dienone is 2. The Morgan fingerprint density at radius 3 is 3.33 bits per heavy atom. The van der Waals surface area contributed by atoms with Crippen molar-refractivity contribution in [3.05, 3.63) is 40.8 Å². The first-order chi connectivity index (χ1) is 5.86. The summed E-state index contributed by atoms with van der Waals surface area (Å²) >= 11 is 0. The predicted octanol–water partition coefficient (Wildman–Crippen LogP) is 2.30. The van der Waals surface area contributed by atoms with Crippen molar-refractivity contribution in [2.24, 2.45) is 0 Å². The third-order valence-corrected chi connectivity index (χ3v) is 2.28. The molecule has 1 aliphatic carbocycles. The zero-order chi connectivity index (χ0) is 8.39. The van der Waals surface area contributed by atoms with E-state index in [1.807, 2.05) is 0 Å². The van der Waals surface area contributed by atoms with Gasteiger partial charge in [0, 0.05) is 18.3 Å². The van der Waals surface area contributed by atoms with Crippen LogP contribution >= 0.6 is 0 Å². The van der Waals surface area contributed by atoms with Gasteiger partial charge in [-0.25, -0.2) is 0 Å². The molecule has 0 fully saturated rings. The number of nitrogens with one attached hydrogen (secondary N) is 1. The summed E-state index contributed by atoms with van der Waals surface area (Å²) in [6.07, 6.45) is 8.78. The summed E-state index contributed by atoms with van der Waals surface area (Å²) in [5, 5.41) is 3.26. The van der Waals surface area contributed by atoms with Crippen LogP contribution in [-0.4, -0.2) is 6.54 Å². The van der Waals surface area contributed by atoms with Crippen LogP contribution < -0.4 is 5.32 Å². The van der Waals surface area contributed by atoms with Crippen molar-refractivity contribution in [3.63, 3.8) is 0 Å². The molecule has 0 atom stereocenters. The Balaban J connectivity index is 2.47. The van der Waals surface area contributed by atoms with Gasteiger partial charge in [0.25, 0.3) is 0 Å². The second-order valence-electron chi connectivity index (χ2n) is 3.28. The van der Waals surface area contributed by atoms with Crippen molar-refractivity contribution >= 4 is 0 Å². The van der Waals surface area contributed by atoms with Crippen molar-refractivity contribution in [1.29, 1.82) is 0 Å². The molecule has 0 amide bonds. The second kappa shape index (κ2) is 3.04. The van der Waals surface area contributed by atoms with Gasteiger partial charge in [-0.3, -0.25) is 0 Å². The SMILES string of the molecule is CC1=CNCC2=C=C1CCC=C2. The van der Waals surface area contributed by atoms with Crippen molar-refractivity contribution in [1.82, 2.24) is 5.32 Å². The van der Waals surface area contributed by atoms with Gasteiger partial charge in [-0.05, 0) is 30.9 Å². The Labute approximate surface area is 73.2 Å². The summed E-state index contributed by atoms with van der Waals surface area (Å²) in [6.45, 7) is 3.06. The third kappa shape index (κ3) is 1.37. The lowest BCUT2D eigenvalue weighted by atomic mass is 10.1. The van der Waals surface area contributed by atoms with Gasteiger partial charge in [0.1, 0.15) is 0 Å². The van der Waals surface area contributed by atoms with Crippen LogP contribution in [0.4, 0.5) is 0 Å². The van der Waals surface area contributed by atoms with Crippen LogP contribution in [-0.2, 0) is 0 Å². The summed E-state index contributed by atoms with van der Waals surface area (Å²) in [4.78, 5) is 0. The van der Waals surface area contributed by atoms with Crippen LogP contribution in [0.1, 0.15) is 19.8 Å². The van der Waals surface area contributed by atoms with Crippen LogP contribution in [0, 0.1) is 0 Å². The third-order valence-electron chi connectivity index (χ3n) is 2.28. The fourth-order valence-electron chi connectivity index (χ4n) is 1.55. The Hall–Kier alpha value is -1.20.